The Morgan fingerprint density at radius 2 is 2.24 bits per heavy atom. The van der Waals surface area contributed by atoms with Gasteiger partial charge in [-0.15, -0.1) is 0 Å². The molecule has 0 aliphatic carbocycles. The van der Waals surface area contributed by atoms with Gasteiger partial charge in [-0.1, -0.05) is 13.8 Å². The van der Waals surface area contributed by atoms with Crippen LogP contribution in [0.5, 0.6) is 5.75 Å². The molecule has 2 saturated heterocycles. The Morgan fingerprint density at radius 1 is 1.48 bits per heavy atom. The second kappa shape index (κ2) is 4.98. The Labute approximate surface area is 122 Å². The lowest BCUT2D eigenvalue weighted by molar-refractivity contribution is -0.0429. The highest BCUT2D eigenvalue weighted by atomic mass is 19.1. The molecule has 4 nitrogen and oxygen atoms in total. The summed E-state index contributed by atoms with van der Waals surface area (Å²) in [6, 6.07) is 3.64. The van der Waals surface area contributed by atoms with Gasteiger partial charge in [-0.2, -0.15) is 0 Å². The molecule has 3 rings (SSSR count). The molecule has 114 valence electrons. The predicted octanol–water partition coefficient (Wildman–Crippen LogP) is 3.25. The predicted molar refractivity (Wildman–Crippen MR) is 74.1 cm³/mol. The first-order valence-corrected chi connectivity index (χ1v) is 7.29. The van der Waals surface area contributed by atoms with Crippen molar-refractivity contribution in [3.8, 4) is 5.75 Å². The molecule has 1 aromatic carbocycles. The molecule has 0 saturated carbocycles. The van der Waals surface area contributed by atoms with Crippen molar-refractivity contribution in [2.75, 3.05) is 0 Å². The molecule has 0 spiro atoms. The Morgan fingerprint density at radius 3 is 2.76 bits per heavy atom. The number of carbonyl (C=O) groups is 1. The fourth-order valence-electron chi connectivity index (χ4n) is 3.45. The second-order valence-electron chi connectivity index (χ2n) is 6.19. The lowest BCUT2D eigenvalue weighted by atomic mass is 9.77. The first kappa shape index (κ1) is 14.3. The average Bonchev–Trinajstić information content (AvgIpc) is 3.02. The number of halogens is 1. The number of aromatic carboxylic acids is 1. The fraction of sp³-hybridized carbons (Fsp3) is 0.562. The summed E-state index contributed by atoms with van der Waals surface area (Å²) in [7, 11) is 0. The largest absolute Gasteiger partial charge is 0.481 e. The lowest BCUT2D eigenvalue weighted by Crippen LogP contribution is -2.50. The van der Waals surface area contributed by atoms with Crippen LogP contribution in [0.2, 0.25) is 0 Å². The number of carboxylic acids is 1. The van der Waals surface area contributed by atoms with E-state index in [0.717, 1.165) is 25.3 Å². The minimum absolute atomic E-state index is 0.000231. The van der Waals surface area contributed by atoms with Crippen molar-refractivity contribution in [1.29, 1.82) is 0 Å². The van der Waals surface area contributed by atoms with Crippen LogP contribution in [0.4, 0.5) is 4.39 Å². The molecule has 2 fully saturated rings. The van der Waals surface area contributed by atoms with Gasteiger partial charge in [0, 0.05) is 6.42 Å². The van der Waals surface area contributed by atoms with Gasteiger partial charge >= 0.3 is 5.97 Å². The second-order valence-corrected chi connectivity index (χ2v) is 6.19. The molecule has 1 N–H and O–H groups in total. The quantitative estimate of drug-likeness (QED) is 0.926. The summed E-state index contributed by atoms with van der Waals surface area (Å²) in [6.45, 7) is 4.06. The molecule has 0 radical (unpaired) electrons. The van der Waals surface area contributed by atoms with E-state index in [2.05, 4.69) is 0 Å². The first-order valence-electron chi connectivity index (χ1n) is 7.29. The van der Waals surface area contributed by atoms with Gasteiger partial charge in [0.25, 0.3) is 0 Å². The van der Waals surface area contributed by atoms with E-state index in [1.165, 1.54) is 12.1 Å². The van der Waals surface area contributed by atoms with Crippen molar-refractivity contribution in [3.05, 3.63) is 29.6 Å². The number of hydrogen-bond acceptors (Lipinski definition) is 3. The first-order chi connectivity index (χ1) is 9.92. The van der Waals surface area contributed by atoms with Crippen LogP contribution >= 0.6 is 0 Å². The lowest BCUT2D eigenvalue weighted by Gasteiger charge is -2.39. The van der Waals surface area contributed by atoms with Crippen molar-refractivity contribution in [2.24, 2.45) is 5.92 Å². The molecule has 3 unspecified atom stereocenters. The monoisotopic (exact) mass is 294 g/mol. The van der Waals surface area contributed by atoms with Gasteiger partial charge in [-0.25, -0.2) is 9.18 Å². The Hall–Kier alpha value is -1.62. The molecule has 1 aromatic rings. The van der Waals surface area contributed by atoms with Crippen LogP contribution < -0.4 is 4.74 Å². The summed E-state index contributed by atoms with van der Waals surface area (Å²) in [5.41, 5.74) is -0.546. The van der Waals surface area contributed by atoms with Crippen LogP contribution in [0, 0.1) is 11.7 Å². The van der Waals surface area contributed by atoms with E-state index in [1.807, 2.05) is 13.8 Å². The van der Waals surface area contributed by atoms with Crippen LogP contribution in [0.1, 0.15) is 43.5 Å². The van der Waals surface area contributed by atoms with Gasteiger partial charge in [0.1, 0.15) is 5.60 Å². The van der Waals surface area contributed by atoms with E-state index in [-0.39, 0.29) is 29.4 Å². The summed E-state index contributed by atoms with van der Waals surface area (Å²) in [5, 5.41) is 9.04. The van der Waals surface area contributed by atoms with Crippen LogP contribution in [-0.4, -0.2) is 28.9 Å². The zero-order valence-corrected chi connectivity index (χ0v) is 12.1. The van der Waals surface area contributed by atoms with Crippen LogP contribution in [0.3, 0.4) is 0 Å². The number of benzene rings is 1. The van der Waals surface area contributed by atoms with E-state index in [9.17, 15) is 9.18 Å². The van der Waals surface area contributed by atoms with E-state index in [1.54, 1.807) is 0 Å². The van der Waals surface area contributed by atoms with Crippen molar-refractivity contribution in [1.82, 2.24) is 0 Å². The third kappa shape index (κ3) is 2.29. The molecule has 0 amide bonds. The van der Waals surface area contributed by atoms with Crippen LogP contribution in [0.25, 0.3) is 0 Å². The Kier molecular flexibility index (Phi) is 3.40. The van der Waals surface area contributed by atoms with Gasteiger partial charge in [0.2, 0.25) is 0 Å². The molecule has 21 heavy (non-hydrogen) atoms. The van der Waals surface area contributed by atoms with E-state index < -0.39 is 17.4 Å². The normalized spacial score (nSPS) is 30.9. The van der Waals surface area contributed by atoms with Crippen LogP contribution in [-0.2, 0) is 4.74 Å². The van der Waals surface area contributed by atoms with Crippen LogP contribution in [0.15, 0.2) is 18.2 Å². The molecular weight excluding hydrogens is 275 g/mol. The van der Waals surface area contributed by atoms with Gasteiger partial charge < -0.3 is 14.6 Å². The molecule has 2 bridgehead atoms. The van der Waals surface area contributed by atoms with Gasteiger partial charge in [-0.05, 0) is 37.0 Å². The zero-order chi connectivity index (χ0) is 15.2. The number of ether oxygens (including phenoxy) is 2. The summed E-state index contributed by atoms with van der Waals surface area (Å²) in [6.07, 6.45) is 2.77. The summed E-state index contributed by atoms with van der Waals surface area (Å²) in [5.74, 6) is -1.48. The number of carboxylic acid groups (broad SMARTS) is 1. The van der Waals surface area contributed by atoms with Gasteiger partial charge in [-0.3, -0.25) is 0 Å². The number of fused-ring (bicyclic) bond motifs is 2. The topological polar surface area (TPSA) is 55.8 Å². The van der Waals surface area contributed by atoms with Gasteiger partial charge in [0.05, 0.1) is 17.8 Å². The van der Waals surface area contributed by atoms with E-state index in [0.29, 0.717) is 0 Å². The van der Waals surface area contributed by atoms with E-state index in [4.69, 9.17) is 14.6 Å². The maximum Gasteiger partial charge on any atom is 0.335 e. The Bertz CT molecular complexity index is 571. The third-order valence-corrected chi connectivity index (χ3v) is 4.65. The van der Waals surface area contributed by atoms with Crippen molar-refractivity contribution in [2.45, 2.75) is 50.9 Å². The van der Waals surface area contributed by atoms with Crippen molar-refractivity contribution >= 4 is 5.97 Å². The number of rotatable bonds is 4. The van der Waals surface area contributed by atoms with E-state index >= 15 is 0 Å². The fourth-order valence-corrected chi connectivity index (χ4v) is 3.45. The standard InChI is InChI=1S/C16H19FO4/c1-9(2)16(8-11-4-6-14(16)20-11)21-13-7-10(15(18)19)3-5-12(13)17/h3,5,7,9,11,14H,4,6,8H2,1-2H3,(H,18,19). The average molecular weight is 294 g/mol. The number of hydrogen-bond donors (Lipinski definition) is 1. The minimum Gasteiger partial charge on any atom is -0.481 e. The maximum absolute atomic E-state index is 14.0. The molecule has 5 heteroatoms. The maximum atomic E-state index is 14.0. The van der Waals surface area contributed by atoms with Crippen molar-refractivity contribution in [3.63, 3.8) is 0 Å². The molecular formula is C16H19FO4. The summed E-state index contributed by atoms with van der Waals surface area (Å²) in [4.78, 5) is 11.0. The molecule has 0 aromatic heterocycles. The SMILES string of the molecule is CC(C)C1(Oc2cc(C(=O)O)ccc2F)CC2CCC1O2. The smallest absolute Gasteiger partial charge is 0.335 e. The Balaban J connectivity index is 1.94. The third-order valence-electron chi connectivity index (χ3n) is 4.65. The minimum atomic E-state index is -1.09. The molecule has 2 aliphatic heterocycles. The summed E-state index contributed by atoms with van der Waals surface area (Å²) < 4.78 is 25.9. The zero-order valence-electron chi connectivity index (χ0n) is 12.1. The highest BCUT2D eigenvalue weighted by Crippen LogP contribution is 2.48. The van der Waals surface area contributed by atoms with Gasteiger partial charge in [0.15, 0.2) is 11.6 Å². The molecule has 2 heterocycles. The highest BCUT2D eigenvalue weighted by Gasteiger charge is 2.56. The molecule has 2 aliphatic rings. The molecule has 3 atom stereocenters. The highest BCUT2D eigenvalue weighted by molar-refractivity contribution is 5.88. The summed E-state index contributed by atoms with van der Waals surface area (Å²) >= 11 is 0. The van der Waals surface area contributed by atoms with Crippen molar-refractivity contribution < 1.29 is 23.8 Å².